The number of carbonyl (C=O) groups is 2. The molecule has 11 heteroatoms. The van der Waals surface area contributed by atoms with Crippen molar-refractivity contribution in [3.63, 3.8) is 0 Å². The Labute approximate surface area is 239 Å². The van der Waals surface area contributed by atoms with Gasteiger partial charge in [0.2, 0.25) is 0 Å². The molecule has 0 fully saturated rings. The first-order chi connectivity index (χ1) is 18.1. The topological polar surface area (TPSA) is 116 Å². The van der Waals surface area contributed by atoms with Gasteiger partial charge in [-0.25, -0.2) is 0 Å². The maximum atomic E-state index is 13.2. The molecule has 0 radical (unpaired) electrons. The van der Waals surface area contributed by atoms with Crippen LogP contribution in [0.4, 0.5) is 11.4 Å². The molecule has 0 unspecified atom stereocenters. The van der Waals surface area contributed by atoms with Crippen molar-refractivity contribution in [1.82, 2.24) is 10.6 Å². The van der Waals surface area contributed by atoms with Crippen molar-refractivity contribution in [2.24, 2.45) is 9.98 Å². The number of amides is 2. The lowest BCUT2D eigenvalue weighted by molar-refractivity contribution is 0.102. The smallest absolute Gasteiger partial charge is 0.259 e. The van der Waals surface area contributed by atoms with Crippen molar-refractivity contribution in [1.29, 1.82) is 0 Å². The van der Waals surface area contributed by atoms with E-state index in [-0.39, 0.29) is 42.2 Å². The average Bonchev–Trinajstić information content (AvgIpc) is 3.65. The Morgan fingerprint density at radius 3 is 1.74 bits per heavy atom. The zero-order valence-corrected chi connectivity index (χ0v) is 23.0. The highest BCUT2D eigenvalue weighted by Gasteiger charge is 2.18. The molecular formula is C28H30Cl2N6O3. The van der Waals surface area contributed by atoms with Crippen LogP contribution in [0.1, 0.15) is 38.8 Å². The number of nitrogens with one attached hydrogen (secondary N) is 4. The summed E-state index contributed by atoms with van der Waals surface area (Å²) >= 11 is 0. The van der Waals surface area contributed by atoms with Crippen molar-refractivity contribution in [3.05, 3.63) is 89.0 Å². The summed E-state index contributed by atoms with van der Waals surface area (Å²) in [5, 5.41) is 12.2. The number of nitrogens with zero attached hydrogens (tertiary/aromatic N) is 2. The summed E-state index contributed by atoms with van der Waals surface area (Å²) in [7, 11) is 0. The number of amidine groups is 2. The number of carbonyl (C=O) groups excluding carboxylic acids is 2. The number of hydrogen-bond donors (Lipinski definition) is 4. The SMILES string of the molecule is CCOc1ccc(C(=O)Nc2ccc(C3=NCCN3)cc2)cc1C(=O)Nc1ccc(C2=NCCN2)cc1.Cl.Cl. The van der Waals surface area contributed by atoms with E-state index in [9.17, 15) is 9.59 Å². The van der Waals surface area contributed by atoms with Gasteiger partial charge < -0.3 is 26.0 Å². The third-order valence-electron chi connectivity index (χ3n) is 5.97. The molecule has 3 aromatic rings. The summed E-state index contributed by atoms with van der Waals surface area (Å²) < 4.78 is 5.66. The van der Waals surface area contributed by atoms with E-state index in [0.717, 1.165) is 49.0 Å². The molecule has 0 saturated heterocycles. The monoisotopic (exact) mass is 568 g/mol. The number of ether oxygens (including phenoxy) is 1. The Bertz CT molecular complexity index is 1380. The van der Waals surface area contributed by atoms with Gasteiger partial charge >= 0.3 is 0 Å². The van der Waals surface area contributed by atoms with E-state index in [2.05, 4.69) is 31.3 Å². The predicted octanol–water partition coefficient (Wildman–Crippen LogP) is 4.13. The second kappa shape index (κ2) is 13.6. The maximum absolute atomic E-state index is 13.2. The molecule has 204 valence electrons. The molecule has 0 spiro atoms. The van der Waals surface area contributed by atoms with Gasteiger partial charge in [-0.1, -0.05) is 0 Å². The van der Waals surface area contributed by atoms with Crippen LogP contribution in [-0.4, -0.2) is 56.3 Å². The predicted molar refractivity (Wildman–Crippen MR) is 160 cm³/mol. The van der Waals surface area contributed by atoms with E-state index in [0.29, 0.717) is 29.3 Å². The third-order valence-corrected chi connectivity index (χ3v) is 5.97. The van der Waals surface area contributed by atoms with Gasteiger partial charge in [-0.2, -0.15) is 0 Å². The van der Waals surface area contributed by atoms with Crippen LogP contribution in [0.25, 0.3) is 0 Å². The van der Waals surface area contributed by atoms with Gasteiger partial charge in [0.15, 0.2) is 0 Å². The summed E-state index contributed by atoms with van der Waals surface area (Å²) in [5.74, 6) is 1.44. The highest BCUT2D eigenvalue weighted by atomic mass is 35.5. The van der Waals surface area contributed by atoms with E-state index >= 15 is 0 Å². The first-order valence-corrected chi connectivity index (χ1v) is 12.3. The summed E-state index contributed by atoms with van der Waals surface area (Å²) in [6.45, 7) is 5.42. The van der Waals surface area contributed by atoms with Crippen LogP contribution in [0.2, 0.25) is 0 Å². The quantitative estimate of drug-likeness (QED) is 0.326. The Balaban J connectivity index is 0.00000210. The zero-order chi connectivity index (χ0) is 25.6. The number of benzene rings is 3. The average molecular weight is 569 g/mol. The van der Waals surface area contributed by atoms with Gasteiger partial charge in [-0.05, 0) is 73.7 Å². The van der Waals surface area contributed by atoms with Crippen LogP contribution in [0.15, 0.2) is 76.7 Å². The third kappa shape index (κ3) is 7.07. The van der Waals surface area contributed by atoms with Crippen molar-refractivity contribution in [2.75, 3.05) is 43.4 Å². The van der Waals surface area contributed by atoms with E-state index in [1.165, 1.54) is 0 Å². The first kappa shape index (κ1) is 29.5. The molecule has 0 bridgehead atoms. The molecule has 0 aliphatic carbocycles. The fraction of sp³-hybridized carbons (Fsp3) is 0.214. The molecule has 2 aliphatic heterocycles. The van der Waals surface area contributed by atoms with Crippen LogP contribution in [0, 0.1) is 0 Å². The maximum Gasteiger partial charge on any atom is 0.259 e. The number of hydrogen-bond acceptors (Lipinski definition) is 7. The lowest BCUT2D eigenvalue weighted by Crippen LogP contribution is -2.20. The van der Waals surface area contributed by atoms with E-state index < -0.39 is 0 Å². The highest BCUT2D eigenvalue weighted by molar-refractivity contribution is 6.10. The minimum Gasteiger partial charge on any atom is -0.493 e. The largest absolute Gasteiger partial charge is 0.493 e. The molecule has 9 nitrogen and oxygen atoms in total. The van der Waals surface area contributed by atoms with Gasteiger partial charge in [-0.15, -0.1) is 24.8 Å². The van der Waals surface area contributed by atoms with Crippen LogP contribution in [-0.2, 0) is 0 Å². The molecule has 39 heavy (non-hydrogen) atoms. The minimum atomic E-state index is -0.364. The Morgan fingerprint density at radius 2 is 1.28 bits per heavy atom. The molecule has 2 amide bonds. The molecule has 5 rings (SSSR count). The summed E-state index contributed by atoms with van der Waals surface area (Å²) in [5.41, 5.74) is 3.83. The van der Waals surface area contributed by atoms with Crippen molar-refractivity contribution in [3.8, 4) is 5.75 Å². The molecular weight excluding hydrogens is 539 g/mol. The standard InChI is InChI=1S/C28H28N6O3.2ClH/c1-2-37-24-12-7-20(27(35)33-21-8-3-18(4-9-21)25-29-13-14-30-25)17-23(24)28(36)34-22-10-5-19(6-11-22)26-31-15-16-32-26;;/h3-12,17H,2,13-16H2,1H3,(H,29,30)(H,31,32)(H,33,35)(H,34,36);2*1H. The second-order valence-electron chi connectivity index (χ2n) is 8.52. The van der Waals surface area contributed by atoms with Gasteiger partial charge in [0.25, 0.3) is 11.8 Å². The normalized spacial score (nSPS) is 13.5. The van der Waals surface area contributed by atoms with Crippen LogP contribution in [0.3, 0.4) is 0 Å². The highest BCUT2D eigenvalue weighted by Crippen LogP contribution is 2.23. The molecule has 0 saturated carbocycles. The molecule has 2 heterocycles. The van der Waals surface area contributed by atoms with E-state index in [4.69, 9.17) is 4.74 Å². The zero-order valence-electron chi connectivity index (χ0n) is 21.3. The number of aliphatic imine (C=N–C) groups is 2. The lowest BCUT2D eigenvalue weighted by atomic mass is 10.1. The fourth-order valence-electron chi connectivity index (χ4n) is 4.14. The van der Waals surface area contributed by atoms with Crippen molar-refractivity contribution >= 4 is 59.7 Å². The molecule has 2 aliphatic rings. The summed E-state index contributed by atoms with van der Waals surface area (Å²) in [6, 6.07) is 19.8. The molecule has 0 aromatic heterocycles. The van der Waals surface area contributed by atoms with E-state index in [1.807, 2.05) is 55.5 Å². The number of rotatable bonds is 8. The summed E-state index contributed by atoms with van der Waals surface area (Å²) in [6.07, 6.45) is 0. The minimum absolute atomic E-state index is 0. The van der Waals surface area contributed by atoms with Crippen LogP contribution < -0.4 is 26.0 Å². The first-order valence-electron chi connectivity index (χ1n) is 12.3. The van der Waals surface area contributed by atoms with Crippen LogP contribution in [0.5, 0.6) is 5.75 Å². The Hall–Kier alpha value is -4.08. The number of halogens is 2. The molecule has 4 N–H and O–H groups in total. The molecule has 3 aromatic carbocycles. The van der Waals surface area contributed by atoms with Gasteiger partial charge in [0.05, 0.1) is 25.3 Å². The van der Waals surface area contributed by atoms with E-state index in [1.54, 1.807) is 18.2 Å². The Morgan fingerprint density at radius 1 is 0.769 bits per heavy atom. The Kier molecular flexibility index (Phi) is 10.3. The van der Waals surface area contributed by atoms with Gasteiger partial charge in [0, 0.05) is 41.2 Å². The van der Waals surface area contributed by atoms with Crippen molar-refractivity contribution in [2.45, 2.75) is 6.92 Å². The van der Waals surface area contributed by atoms with Crippen molar-refractivity contribution < 1.29 is 14.3 Å². The second-order valence-corrected chi connectivity index (χ2v) is 8.52. The van der Waals surface area contributed by atoms with Gasteiger partial charge in [-0.3, -0.25) is 19.6 Å². The fourth-order valence-corrected chi connectivity index (χ4v) is 4.14. The van der Waals surface area contributed by atoms with Crippen LogP contribution >= 0.6 is 24.8 Å². The number of anilines is 2. The lowest BCUT2D eigenvalue weighted by Gasteiger charge is -2.13. The molecule has 0 atom stereocenters. The summed E-state index contributed by atoms with van der Waals surface area (Å²) in [4.78, 5) is 35.0. The van der Waals surface area contributed by atoms with Gasteiger partial charge in [0.1, 0.15) is 17.4 Å².